The highest BCUT2D eigenvalue weighted by atomic mass is 16.5. The van der Waals surface area contributed by atoms with Gasteiger partial charge in [-0.15, -0.1) is 0 Å². The van der Waals surface area contributed by atoms with Crippen molar-refractivity contribution in [1.29, 1.82) is 0 Å². The van der Waals surface area contributed by atoms with E-state index in [1.165, 1.54) is 0 Å². The van der Waals surface area contributed by atoms with Gasteiger partial charge in [0, 0.05) is 24.3 Å². The van der Waals surface area contributed by atoms with Crippen LogP contribution in [0.5, 0.6) is 5.75 Å². The fourth-order valence-corrected chi connectivity index (χ4v) is 3.51. The molecular formula is C22H33N3O2. The first-order valence-electron chi connectivity index (χ1n) is 9.74. The van der Waals surface area contributed by atoms with Crippen molar-refractivity contribution in [3.8, 4) is 5.75 Å². The number of nitrogens with zero attached hydrogens (tertiary/aromatic N) is 3. The molecule has 0 spiro atoms. The van der Waals surface area contributed by atoms with Gasteiger partial charge in [0.25, 0.3) is 0 Å². The lowest BCUT2D eigenvalue weighted by atomic mass is 10.0. The number of ether oxygens (including phenoxy) is 1. The SMILES string of the molecule is CCN(C(=O)Cc1c(C)nn(CC(C)C)c1C)C(C)c1cccc(OC)c1. The number of likely N-dealkylation sites (N-methyl/N-ethyl adjacent to an activating group) is 1. The Hall–Kier alpha value is -2.30. The van der Waals surface area contributed by atoms with Crippen LogP contribution in [0.15, 0.2) is 24.3 Å². The number of benzene rings is 1. The summed E-state index contributed by atoms with van der Waals surface area (Å²) in [5.74, 6) is 1.46. The minimum absolute atomic E-state index is 0.0103. The van der Waals surface area contributed by atoms with E-state index in [0.717, 1.165) is 34.8 Å². The lowest BCUT2D eigenvalue weighted by Crippen LogP contribution is -2.34. The van der Waals surface area contributed by atoms with Crippen LogP contribution >= 0.6 is 0 Å². The molecule has 0 saturated heterocycles. The number of rotatable bonds is 8. The van der Waals surface area contributed by atoms with Crippen molar-refractivity contribution < 1.29 is 9.53 Å². The Morgan fingerprint density at radius 2 is 1.96 bits per heavy atom. The molecule has 0 saturated carbocycles. The standard InChI is InChI=1S/C22H33N3O2/c1-8-24(17(5)19-10-9-11-20(12-19)27-7)22(26)13-21-16(4)23-25(18(21)6)14-15(2)3/h9-12,15,17H,8,13-14H2,1-7H3. The van der Waals surface area contributed by atoms with E-state index >= 15 is 0 Å². The first-order valence-corrected chi connectivity index (χ1v) is 9.74. The van der Waals surface area contributed by atoms with Crippen molar-refractivity contribution in [3.63, 3.8) is 0 Å². The van der Waals surface area contributed by atoms with Crippen LogP contribution in [0.4, 0.5) is 0 Å². The summed E-state index contributed by atoms with van der Waals surface area (Å²) in [7, 11) is 1.66. The second-order valence-electron chi connectivity index (χ2n) is 7.53. The van der Waals surface area contributed by atoms with Crippen LogP contribution in [0, 0.1) is 19.8 Å². The van der Waals surface area contributed by atoms with Gasteiger partial charge in [-0.25, -0.2) is 0 Å². The van der Waals surface area contributed by atoms with Crippen molar-refractivity contribution >= 4 is 5.91 Å². The molecule has 2 rings (SSSR count). The molecule has 1 atom stereocenters. The lowest BCUT2D eigenvalue weighted by molar-refractivity contribution is -0.132. The molecule has 1 unspecified atom stereocenters. The average Bonchev–Trinajstić information content (AvgIpc) is 2.89. The van der Waals surface area contributed by atoms with Gasteiger partial charge in [0.05, 0.1) is 25.3 Å². The average molecular weight is 372 g/mol. The zero-order valence-electron chi connectivity index (χ0n) is 17.7. The van der Waals surface area contributed by atoms with Gasteiger partial charge in [0.15, 0.2) is 0 Å². The predicted octanol–water partition coefficient (Wildman–Crippen LogP) is 4.32. The number of carbonyl (C=O) groups excluding carboxylic acids is 1. The number of methoxy groups -OCH3 is 1. The number of amides is 1. The minimum Gasteiger partial charge on any atom is -0.497 e. The summed E-state index contributed by atoms with van der Waals surface area (Å²) >= 11 is 0. The first kappa shape index (κ1) is 21.0. The molecule has 5 heteroatoms. The van der Waals surface area contributed by atoms with Crippen molar-refractivity contribution in [2.75, 3.05) is 13.7 Å². The lowest BCUT2D eigenvalue weighted by Gasteiger charge is -2.29. The van der Waals surface area contributed by atoms with Gasteiger partial charge in [-0.1, -0.05) is 26.0 Å². The molecular weight excluding hydrogens is 338 g/mol. The maximum atomic E-state index is 13.1. The number of aromatic nitrogens is 2. The molecule has 0 bridgehead atoms. The molecule has 1 amide bonds. The van der Waals surface area contributed by atoms with Crippen LogP contribution in [-0.4, -0.2) is 34.2 Å². The molecule has 0 fully saturated rings. The summed E-state index contributed by atoms with van der Waals surface area (Å²) in [4.78, 5) is 15.0. The summed E-state index contributed by atoms with van der Waals surface area (Å²) in [6.07, 6.45) is 0.387. The third-order valence-corrected chi connectivity index (χ3v) is 5.10. The molecule has 1 aromatic heterocycles. The Morgan fingerprint density at radius 3 is 2.56 bits per heavy atom. The smallest absolute Gasteiger partial charge is 0.227 e. The molecule has 2 aromatic rings. The Labute approximate surface area is 163 Å². The van der Waals surface area contributed by atoms with E-state index in [2.05, 4.69) is 32.8 Å². The van der Waals surface area contributed by atoms with Crippen molar-refractivity contribution in [2.45, 2.75) is 60.5 Å². The topological polar surface area (TPSA) is 47.4 Å². The van der Waals surface area contributed by atoms with Crippen molar-refractivity contribution in [3.05, 3.63) is 46.8 Å². The largest absolute Gasteiger partial charge is 0.497 e. The molecule has 0 radical (unpaired) electrons. The molecule has 1 aromatic carbocycles. The summed E-state index contributed by atoms with van der Waals surface area (Å²) in [6, 6.07) is 7.92. The summed E-state index contributed by atoms with van der Waals surface area (Å²) in [5, 5.41) is 4.64. The van der Waals surface area contributed by atoms with Crippen molar-refractivity contribution in [2.24, 2.45) is 5.92 Å². The van der Waals surface area contributed by atoms with Crippen LogP contribution in [0.3, 0.4) is 0 Å². The van der Waals surface area contributed by atoms with Crippen LogP contribution < -0.4 is 4.74 Å². The number of carbonyl (C=O) groups is 1. The second kappa shape index (κ2) is 9.07. The third-order valence-electron chi connectivity index (χ3n) is 5.10. The predicted molar refractivity (Wildman–Crippen MR) is 109 cm³/mol. The molecule has 1 heterocycles. The van der Waals surface area contributed by atoms with E-state index in [-0.39, 0.29) is 11.9 Å². The number of hydrogen-bond donors (Lipinski definition) is 0. The van der Waals surface area contributed by atoms with Crippen molar-refractivity contribution in [1.82, 2.24) is 14.7 Å². The fourth-order valence-electron chi connectivity index (χ4n) is 3.51. The van der Waals surface area contributed by atoms with Crippen LogP contribution in [0.25, 0.3) is 0 Å². The summed E-state index contributed by atoms with van der Waals surface area (Å²) in [6.45, 7) is 14.0. The fraction of sp³-hybridized carbons (Fsp3) is 0.545. The van der Waals surface area contributed by atoms with Crippen LogP contribution in [-0.2, 0) is 17.8 Å². The molecule has 5 nitrogen and oxygen atoms in total. The molecule has 148 valence electrons. The van der Waals surface area contributed by atoms with Gasteiger partial charge < -0.3 is 9.64 Å². The van der Waals surface area contributed by atoms with Gasteiger partial charge in [-0.2, -0.15) is 5.10 Å². The molecule has 0 aliphatic heterocycles. The normalized spacial score (nSPS) is 12.3. The molecule has 0 aliphatic rings. The van der Waals surface area contributed by atoms with E-state index in [0.29, 0.717) is 18.9 Å². The van der Waals surface area contributed by atoms with Gasteiger partial charge in [0.1, 0.15) is 5.75 Å². The zero-order valence-corrected chi connectivity index (χ0v) is 17.7. The van der Waals surface area contributed by atoms with E-state index < -0.39 is 0 Å². The summed E-state index contributed by atoms with van der Waals surface area (Å²) in [5.41, 5.74) is 4.18. The summed E-state index contributed by atoms with van der Waals surface area (Å²) < 4.78 is 7.36. The molecule has 0 aliphatic carbocycles. The zero-order chi connectivity index (χ0) is 20.1. The third kappa shape index (κ3) is 4.90. The van der Waals surface area contributed by atoms with Crippen LogP contribution in [0.1, 0.15) is 56.3 Å². The Bertz CT molecular complexity index is 780. The minimum atomic E-state index is -0.0103. The van der Waals surface area contributed by atoms with E-state index in [4.69, 9.17) is 4.74 Å². The highest BCUT2D eigenvalue weighted by molar-refractivity contribution is 5.79. The highest BCUT2D eigenvalue weighted by Crippen LogP contribution is 2.25. The highest BCUT2D eigenvalue weighted by Gasteiger charge is 2.23. The van der Waals surface area contributed by atoms with Gasteiger partial charge in [0.2, 0.25) is 5.91 Å². The maximum Gasteiger partial charge on any atom is 0.227 e. The van der Waals surface area contributed by atoms with E-state index in [9.17, 15) is 4.79 Å². The molecule has 0 N–H and O–H groups in total. The monoisotopic (exact) mass is 371 g/mol. The Kier molecular flexibility index (Phi) is 7.05. The van der Waals surface area contributed by atoms with E-state index in [1.54, 1.807) is 7.11 Å². The molecule has 27 heavy (non-hydrogen) atoms. The Balaban J connectivity index is 2.21. The number of hydrogen-bond acceptors (Lipinski definition) is 3. The quantitative estimate of drug-likeness (QED) is 0.694. The van der Waals surface area contributed by atoms with Gasteiger partial charge in [-0.3, -0.25) is 9.48 Å². The van der Waals surface area contributed by atoms with Gasteiger partial charge >= 0.3 is 0 Å². The van der Waals surface area contributed by atoms with Crippen LogP contribution in [0.2, 0.25) is 0 Å². The first-order chi connectivity index (χ1) is 12.8. The number of aryl methyl sites for hydroxylation is 1. The van der Waals surface area contributed by atoms with E-state index in [1.807, 2.05) is 47.7 Å². The van der Waals surface area contributed by atoms with Gasteiger partial charge in [-0.05, 0) is 51.3 Å². The second-order valence-corrected chi connectivity index (χ2v) is 7.53. The maximum absolute atomic E-state index is 13.1. The Morgan fingerprint density at radius 1 is 1.26 bits per heavy atom.